The highest BCUT2D eigenvalue weighted by Gasteiger charge is 2.13. The number of carboxylic acid groups (broad SMARTS) is 1. The number of aliphatic carboxylic acids is 1. The van der Waals surface area contributed by atoms with Gasteiger partial charge in [-0.3, -0.25) is 4.99 Å². The second kappa shape index (κ2) is 7.76. The van der Waals surface area contributed by atoms with Crippen LogP contribution < -0.4 is 5.73 Å². The Morgan fingerprint density at radius 2 is 2.47 bits per heavy atom. The minimum absolute atomic E-state index is 0.481. The SMILES string of the molecule is NCCC[C@H](N=C/C=C/c1ccsc1)C(=O)O. The van der Waals surface area contributed by atoms with Crippen LogP contribution in [-0.4, -0.2) is 29.9 Å². The first-order valence-electron chi connectivity index (χ1n) is 5.39. The number of nitrogens with zero attached hydrogens (tertiary/aromatic N) is 1. The van der Waals surface area contributed by atoms with E-state index in [1.54, 1.807) is 17.4 Å². The third kappa shape index (κ3) is 5.42. The normalized spacial score (nSPS) is 13.5. The van der Waals surface area contributed by atoms with Crippen LogP contribution in [0.15, 0.2) is 27.9 Å². The van der Waals surface area contributed by atoms with E-state index in [9.17, 15) is 4.79 Å². The predicted molar refractivity (Wildman–Crippen MR) is 71.6 cm³/mol. The quantitative estimate of drug-likeness (QED) is 0.729. The maximum atomic E-state index is 10.9. The summed E-state index contributed by atoms with van der Waals surface area (Å²) in [7, 11) is 0. The van der Waals surface area contributed by atoms with Crippen molar-refractivity contribution in [3.8, 4) is 0 Å². The van der Waals surface area contributed by atoms with Gasteiger partial charge in [-0.15, -0.1) is 0 Å². The highest BCUT2D eigenvalue weighted by Crippen LogP contribution is 2.07. The zero-order valence-electron chi connectivity index (χ0n) is 9.45. The van der Waals surface area contributed by atoms with Crippen molar-refractivity contribution in [2.75, 3.05) is 6.54 Å². The standard InChI is InChI=1S/C12H16N2O2S/c13-6-1-4-11(12(15)16)14-7-2-3-10-5-8-17-9-10/h2-3,5,7-9,11H,1,4,6,13H2,(H,15,16)/b3-2+,14-7?/t11-/m0/s1. The van der Waals surface area contributed by atoms with Crippen LogP contribution in [0.3, 0.4) is 0 Å². The molecule has 4 nitrogen and oxygen atoms in total. The highest BCUT2D eigenvalue weighted by molar-refractivity contribution is 7.08. The zero-order valence-corrected chi connectivity index (χ0v) is 10.3. The van der Waals surface area contributed by atoms with Crippen LogP contribution >= 0.6 is 11.3 Å². The third-order valence-electron chi connectivity index (χ3n) is 2.15. The summed E-state index contributed by atoms with van der Waals surface area (Å²) in [5, 5.41) is 12.9. The number of thiophene rings is 1. The van der Waals surface area contributed by atoms with Crippen molar-refractivity contribution in [2.24, 2.45) is 10.7 Å². The first kappa shape index (κ1) is 13.6. The minimum atomic E-state index is -0.904. The van der Waals surface area contributed by atoms with Crippen molar-refractivity contribution in [3.63, 3.8) is 0 Å². The molecule has 0 saturated heterocycles. The minimum Gasteiger partial charge on any atom is -0.480 e. The molecule has 0 unspecified atom stereocenters. The van der Waals surface area contributed by atoms with Gasteiger partial charge in [-0.25, -0.2) is 4.79 Å². The fraction of sp³-hybridized carbons (Fsp3) is 0.333. The Morgan fingerprint density at radius 1 is 1.65 bits per heavy atom. The Hall–Kier alpha value is -1.46. The molecule has 0 fully saturated rings. The van der Waals surface area contributed by atoms with Crippen LogP contribution in [0.1, 0.15) is 18.4 Å². The molecule has 17 heavy (non-hydrogen) atoms. The number of hydrogen-bond acceptors (Lipinski definition) is 4. The molecule has 0 saturated carbocycles. The van der Waals surface area contributed by atoms with E-state index in [-0.39, 0.29) is 0 Å². The zero-order chi connectivity index (χ0) is 12.5. The van der Waals surface area contributed by atoms with E-state index in [4.69, 9.17) is 10.8 Å². The van der Waals surface area contributed by atoms with Crippen molar-refractivity contribution in [1.82, 2.24) is 0 Å². The molecule has 0 amide bonds. The van der Waals surface area contributed by atoms with Crippen LogP contribution in [0.5, 0.6) is 0 Å². The summed E-state index contributed by atoms with van der Waals surface area (Å²) in [4.78, 5) is 14.8. The molecule has 0 bridgehead atoms. The summed E-state index contributed by atoms with van der Waals surface area (Å²) in [6, 6.07) is 1.30. The fourth-order valence-corrected chi connectivity index (χ4v) is 1.88. The number of aliphatic imine (C=N–C) groups is 1. The summed E-state index contributed by atoms with van der Waals surface area (Å²) in [5.74, 6) is -0.904. The van der Waals surface area contributed by atoms with Gasteiger partial charge in [-0.1, -0.05) is 6.08 Å². The van der Waals surface area contributed by atoms with Crippen LogP contribution in [-0.2, 0) is 4.79 Å². The molecule has 1 aromatic heterocycles. The van der Waals surface area contributed by atoms with Gasteiger partial charge in [0.05, 0.1) is 0 Å². The molecular formula is C12H16N2O2S. The van der Waals surface area contributed by atoms with Gasteiger partial charge in [0.1, 0.15) is 6.04 Å². The molecule has 0 aliphatic rings. The first-order valence-corrected chi connectivity index (χ1v) is 6.33. The van der Waals surface area contributed by atoms with E-state index >= 15 is 0 Å². The molecule has 3 N–H and O–H groups in total. The molecule has 92 valence electrons. The summed E-state index contributed by atoms with van der Waals surface area (Å²) < 4.78 is 0. The highest BCUT2D eigenvalue weighted by atomic mass is 32.1. The van der Waals surface area contributed by atoms with Gasteiger partial charge in [-0.2, -0.15) is 11.3 Å². The van der Waals surface area contributed by atoms with Gasteiger partial charge in [0, 0.05) is 6.21 Å². The number of hydrogen-bond donors (Lipinski definition) is 2. The molecular weight excluding hydrogens is 236 g/mol. The van der Waals surface area contributed by atoms with E-state index in [0.29, 0.717) is 19.4 Å². The summed E-state index contributed by atoms with van der Waals surface area (Å²) >= 11 is 1.62. The van der Waals surface area contributed by atoms with Gasteiger partial charge in [0.15, 0.2) is 0 Å². The third-order valence-corrected chi connectivity index (χ3v) is 2.85. The number of carbonyl (C=O) groups is 1. The lowest BCUT2D eigenvalue weighted by Crippen LogP contribution is -2.19. The molecule has 5 heteroatoms. The maximum absolute atomic E-state index is 10.9. The van der Waals surface area contributed by atoms with Crippen molar-refractivity contribution in [2.45, 2.75) is 18.9 Å². The van der Waals surface area contributed by atoms with Crippen LogP contribution in [0.4, 0.5) is 0 Å². The Kier molecular flexibility index (Phi) is 6.21. The van der Waals surface area contributed by atoms with E-state index in [2.05, 4.69) is 4.99 Å². The second-order valence-corrected chi connectivity index (χ2v) is 4.28. The van der Waals surface area contributed by atoms with Crippen LogP contribution in [0.25, 0.3) is 6.08 Å². The maximum Gasteiger partial charge on any atom is 0.328 e. The largest absolute Gasteiger partial charge is 0.480 e. The monoisotopic (exact) mass is 252 g/mol. The molecule has 0 aliphatic heterocycles. The average molecular weight is 252 g/mol. The van der Waals surface area contributed by atoms with Gasteiger partial charge in [-0.05, 0) is 47.9 Å². The number of nitrogens with two attached hydrogens (primary N) is 1. The molecule has 0 radical (unpaired) electrons. The molecule has 1 rings (SSSR count). The van der Waals surface area contributed by atoms with Crippen molar-refractivity contribution in [3.05, 3.63) is 28.5 Å². The number of rotatable bonds is 7. The Labute approximate surface area is 104 Å². The molecule has 0 aromatic carbocycles. The molecule has 1 atom stereocenters. The number of carboxylic acids is 1. The average Bonchev–Trinajstić information content (AvgIpc) is 2.80. The summed E-state index contributed by atoms with van der Waals surface area (Å²) in [5.41, 5.74) is 6.43. The van der Waals surface area contributed by atoms with Gasteiger partial charge in [0.2, 0.25) is 0 Å². The number of allylic oxidation sites excluding steroid dienone is 1. The smallest absolute Gasteiger partial charge is 0.328 e. The summed E-state index contributed by atoms with van der Waals surface area (Å²) in [6.07, 6.45) is 6.33. The molecule has 0 spiro atoms. The lowest BCUT2D eigenvalue weighted by atomic mass is 10.1. The Bertz CT molecular complexity index is 385. The van der Waals surface area contributed by atoms with E-state index in [1.165, 1.54) is 6.21 Å². The molecule has 1 aromatic rings. The van der Waals surface area contributed by atoms with Crippen molar-refractivity contribution in [1.29, 1.82) is 0 Å². The second-order valence-electron chi connectivity index (χ2n) is 3.50. The Morgan fingerprint density at radius 3 is 3.06 bits per heavy atom. The van der Waals surface area contributed by atoms with E-state index in [0.717, 1.165) is 5.56 Å². The lowest BCUT2D eigenvalue weighted by Gasteiger charge is -2.04. The Balaban J connectivity index is 2.46. The van der Waals surface area contributed by atoms with Gasteiger partial charge < -0.3 is 10.8 Å². The fourth-order valence-electron chi connectivity index (χ4n) is 1.25. The topological polar surface area (TPSA) is 75.7 Å². The molecule has 1 heterocycles. The van der Waals surface area contributed by atoms with Crippen molar-refractivity contribution < 1.29 is 9.90 Å². The summed E-state index contributed by atoms with van der Waals surface area (Å²) in [6.45, 7) is 0.490. The lowest BCUT2D eigenvalue weighted by molar-refractivity contribution is -0.138. The van der Waals surface area contributed by atoms with Crippen molar-refractivity contribution >= 4 is 29.6 Å². The van der Waals surface area contributed by atoms with Gasteiger partial charge >= 0.3 is 5.97 Å². The first-order chi connectivity index (χ1) is 8.24. The van der Waals surface area contributed by atoms with Gasteiger partial charge in [0.25, 0.3) is 0 Å². The van der Waals surface area contributed by atoms with E-state index in [1.807, 2.05) is 22.9 Å². The van der Waals surface area contributed by atoms with Crippen LogP contribution in [0.2, 0.25) is 0 Å². The predicted octanol–water partition coefficient (Wildman–Crippen LogP) is 2.02. The van der Waals surface area contributed by atoms with E-state index < -0.39 is 12.0 Å². The van der Waals surface area contributed by atoms with Crippen LogP contribution in [0, 0.1) is 0 Å². The molecule has 0 aliphatic carbocycles.